The molecule has 0 aliphatic rings. The molecular weight excluding hydrogens is 332 g/mol. The molecule has 3 nitrogen and oxygen atoms in total. The summed E-state index contributed by atoms with van der Waals surface area (Å²) < 4.78 is 12.4. The molecule has 0 bridgehead atoms. The largest absolute Gasteiger partial charge is 0.413 e. The van der Waals surface area contributed by atoms with Gasteiger partial charge in [0.05, 0.1) is 6.61 Å². The molecule has 24 heavy (non-hydrogen) atoms. The number of aldehydes is 1. The van der Waals surface area contributed by atoms with E-state index in [1.54, 1.807) is 0 Å². The standard InChI is InChI=1S/C19H40O3Si2/c1-16(12-13-21-23(8,9)18(2,3)4)14-17(15-20)22-24(10,11)19(5,6)7/h12,15,17H,13-14H2,1-11H3/b16-12-/t17-/m1/s1. The second-order valence-corrected chi connectivity index (χ2v) is 19.4. The molecule has 0 rings (SSSR count). The molecule has 0 aromatic carbocycles. The van der Waals surface area contributed by atoms with Crippen LogP contribution in [-0.4, -0.2) is 35.6 Å². The van der Waals surface area contributed by atoms with E-state index in [4.69, 9.17) is 8.85 Å². The molecular formula is C19H40O3Si2. The number of carbonyl (C=O) groups excluding carboxylic acids is 1. The van der Waals surface area contributed by atoms with E-state index in [0.29, 0.717) is 13.0 Å². The molecule has 0 spiro atoms. The van der Waals surface area contributed by atoms with E-state index >= 15 is 0 Å². The Bertz CT molecular complexity index is 441. The van der Waals surface area contributed by atoms with Gasteiger partial charge >= 0.3 is 0 Å². The highest BCUT2D eigenvalue weighted by atomic mass is 28.4. The fourth-order valence-corrected chi connectivity index (χ4v) is 3.86. The summed E-state index contributed by atoms with van der Waals surface area (Å²) in [6, 6.07) is 0. The third-order valence-electron chi connectivity index (χ3n) is 5.61. The fourth-order valence-electron chi connectivity index (χ4n) is 1.68. The van der Waals surface area contributed by atoms with Gasteiger partial charge in [-0.1, -0.05) is 53.2 Å². The molecule has 0 unspecified atom stereocenters. The van der Waals surface area contributed by atoms with Gasteiger partial charge in [0.15, 0.2) is 16.6 Å². The summed E-state index contributed by atoms with van der Waals surface area (Å²) in [5.74, 6) is 0. The number of carbonyl (C=O) groups is 1. The minimum absolute atomic E-state index is 0.108. The van der Waals surface area contributed by atoms with Crippen LogP contribution in [0.1, 0.15) is 54.9 Å². The van der Waals surface area contributed by atoms with E-state index in [1.165, 1.54) is 0 Å². The lowest BCUT2D eigenvalue weighted by atomic mass is 10.1. The van der Waals surface area contributed by atoms with Gasteiger partial charge in [0, 0.05) is 0 Å². The topological polar surface area (TPSA) is 35.5 Å². The molecule has 0 amide bonds. The number of hydrogen-bond acceptors (Lipinski definition) is 3. The maximum absolute atomic E-state index is 11.5. The Labute approximate surface area is 152 Å². The molecule has 0 saturated carbocycles. The zero-order chi connectivity index (χ0) is 19.4. The molecule has 0 fully saturated rings. The van der Waals surface area contributed by atoms with Crippen LogP contribution in [0, 0.1) is 0 Å². The Balaban J connectivity index is 4.73. The quantitative estimate of drug-likeness (QED) is 0.301. The number of hydrogen-bond donors (Lipinski definition) is 0. The summed E-state index contributed by atoms with van der Waals surface area (Å²) in [6.07, 6.45) is 3.35. The molecule has 142 valence electrons. The van der Waals surface area contributed by atoms with Crippen LogP contribution < -0.4 is 0 Å². The van der Waals surface area contributed by atoms with Crippen molar-refractivity contribution in [1.29, 1.82) is 0 Å². The molecule has 0 N–H and O–H groups in total. The minimum Gasteiger partial charge on any atom is -0.413 e. The fraction of sp³-hybridized carbons (Fsp3) is 0.842. The minimum atomic E-state index is -1.92. The van der Waals surface area contributed by atoms with Crippen LogP contribution >= 0.6 is 0 Å². The Morgan fingerprint density at radius 3 is 1.79 bits per heavy atom. The first-order valence-corrected chi connectivity index (χ1v) is 14.8. The lowest BCUT2D eigenvalue weighted by molar-refractivity contribution is -0.114. The molecule has 0 aliphatic heterocycles. The van der Waals surface area contributed by atoms with Gasteiger partial charge in [-0.3, -0.25) is 0 Å². The number of rotatable bonds is 8. The van der Waals surface area contributed by atoms with Crippen molar-refractivity contribution in [3.63, 3.8) is 0 Å². The van der Waals surface area contributed by atoms with Crippen molar-refractivity contribution in [1.82, 2.24) is 0 Å². The predicted molar refractivity (Wildman–Crippen MR) is 110 cm³/mol. The van der Waals surface area contributed by atoms with Gasteiger partial charge in [-0.05, 0) is 49.6 Å². The van der Waals surface area contributed by atoms with Gasteiger partial charge in [-0.15, -0.1) is 0 Å². The Morgan fingerprint density at radius 1 is 0.958 bits per heavy atom. The Hall–Kier alpha value is -0.236. The second kappa shape index (κ2) is 8.43. The summed E-state index contributed by atoms with van der Waals surface area (Å²) in [4.78, 5) is 11.5. The van der Waals surface area contributed by atoms with Crippen LogP contribution in [0.2, 0.25) is 36.3 Å². The van der Waals surface area contributed by atoms with Crippen molar-refractivity contribution in [2.75, 3.05) is 6.61 Å². The van der Waals surface area contributed by atoms with Gasteiger partial charge in [-0.25, -0.2) is 0 Å². The highest BCUT2D eigenvalue weighted by molar-refractivity contribution is 6.74. The van der Waals surface area contributed by atoms with Gasteiger partial charge < -0.3 is 13.6 Å². The third kappa shape index (κ3) is 7.34. The highest BCUT2D eigenvalue weighted by Crippen LogP contribution is 2.38. The van der Waals surface area contributed by atoms with Gasteiger partial charge in [0.1, 0.15) is 12.4 Å². The van der Waals surface area contributed by atoms with Crippen LogP contribution in [-0.2, 0) is 13.6 Å². The Morgan fingerprint density at radius 2 is 1.42 bits per heavy atom. The summed E-state index contributed by atoms with van der Waals surface area (Å²) >= 11 is 0. The van der Waals surface area contributed by atoms with E-state index in [2.05, 4.69) is 80.7 Å². The van der Waals surface area contributed by atoms with Gasteiger partial charge in [-0.2, -0.15) is 0 Å². The smallest absolute Gasteiger partial charge is 0.193 e. The van der Waals surface area contributed by atoms with E-state index in [1.807, 2.05) is 0 Å². The molecule has 0 aromatic rings. The van der Waals surface area contributed by atoms with Crippen molar-refractivity contribution in [3.05, 3.63) is 11.6 Å². The molecule has 0 saturated heterocycles. The van der Waals surface area contributed by atoms with Crippen LogP contribution in [0.15, 0.2) is 11.6 Å². The van der Waals surface area contributed by atoms with Crippen molar-refractivity contribution in [2.45, 2.75) is 97.3 Å². The van der Waals surface area contributed by atoms with E-state index in [0.717, 1.165) is 11.9 Å². The average Bonchev–Trinajstić information content (AvgIpc) is 2.34. The second-order valence-electron chi connectivity index (χ2n) is 9.88. The molecule has 0 aliphatic carbocycles. The molecule has 0 radical (unpaired) electrons. The molecule has 0 aromatic heterocycles. The zero-order valence-corrected chi connectivity index (χ0v) is 19.9. The van der Waals surface area contributed by atoms with Crippen molar-refractivity contribution in [2.24, 2.45) is 0 Å². The third-order valence-corrected chi connectivity index (χ3v) is 14.6. The summed E-state index contributed by atoms with van der Waals surface area (Å²) in [5, 5.41) is 0.322. The summed E-state index contributed by atoms with van der Waals surface area (Å²) in [6.45, 7) is 24.9. The van der Waals surface area contributed by atoms with Crippen LogP contribution in [0.4, 0.5) is 0 Å². The maximum Gasteiger partial charge on any atom is 0.193 e. The lowest BCUT2D eigenvalue weighted by Crippen LogP contribution is -2.44. The van der Waals surface area contributed by atoms with Gasteiger partial charge in [0.2, 0.25) is 0 Å². The average molecular weight is 373 g/mol. The Kier molecular flexibility index (Phi) is 8.35. The SMILES string of the molecule is C/C(=C/CO[Si](C)(C)C(C)(C)C)C[C@H](C=O)O[Si](C)(C)C(C)(C)C. The molecule has 0 heterocycles. The maximum atomic E-state index is 11.5. The van der Waals surface area contributed by atoms with Crippen LogP contribution in [0.25, 0.3) is 0 Å². The monoisotopic (exact) mass is 372 g/mol. The lowest BCUT2D eigenvalue weighted by Gasteiger charge is -2.38. The van der Waals surface area contributed by atoms with Gasteiger partial charge in [0.25, 0.3) is 0 Å². The van der Waals surface area contributed by atoms with Crippen molar-refractivity contribution < 1.29 is 13.6 Å². The molecule has 5 heteroatoms. The zero-order valence-electron chi connectivity index (χ0n) is 17.9. The van der Waals surface area contributed by atoms with E-state index in [9.17, 15) is 4.79 Å². The highest BCUT2D eigenvalue weighted by Gasteiger charge is 2.39. The summed E-state index contributed by atoms with van der Waals surface area (Å²) in [7, 11) is -3.65. The predicted octanol–water partition coefficient (Wildman–Crippen LogP) is 5.93. The molecule has 1 atom stereocenters. The van der Waals surface area contributed by atoms with E-state index in [-0.39, 0.29) is 16.2 Å². The summed E-state index contributed by atoms with van der Waals surface area (Å²) in [5.41, 5.74) is 1.16. The van der Waals surface area contributed by atoms with Crippen LogP contribution in [0.3, 0.4) is 0 Å². The van der Waals surface area contributed by atoms with Crippen molar-refractivity contribution in [3.8, 4) is 0 Å². The van der Waals surface area contributed by atoms with Crippen molar-refractivity contribution >= 4 is 22.9 Å². The van der Waals surface area contributed by atoms with Crippen LogP contribution in [0.5, 0.6) is 0 Å². The first kappa shape index (κ1) is 23.8. The van der Waals surface area contributed by atoms with E-state index < -0.39 is 16.6 Å². The first-order chi connectivity index (χ1) is 10.5. The first-order valence-electron chi connectivity index (χ1n) is 8.96. The normalized spacial score (nSPS) is 16.2.